The van der Waals surface area contributed by atoms with E-state index in [-0.39, 0.29) is 91.3 Å². The van der Waals surface area contributed by atoms with Crippen LogP contribution < -0.4 is 20.1 Å². The Labute approximate surface area is 281 Å². The molecule has 0 spiro atoms. The molecule has 2 aromatic heterocycles. The number of rotatable bonds is 5. The molecule has 4 aromatic rings. The van der Waals surface area contributed by atoms with Crippen molar-refractivity contribution in [1.82, 2.24) is 14.9 Å². The first-order valence-corrected chi connectivity index (χ1v) is 17.2. The van der Waals surface area contributed by atoms with Crippen LogP contribution in [-0.2, 0) is 0 Å². The quantitative estimate of drug-likeness (QED) is 0.212. The molecular weight excluding hydrogens is 675 g/mol. The number of fused-ring (bicyclic) bond motifs is 4. The standard InChI is InChI=1S/C33H30ClF5N6O2S/c34-24-22(17-6-7-19(36)28-21(17)18(11-40)30(41)48-28)25(37)26-23-27(24)46-13-16-4-1-2-5-20(29(38)39)45(16)31(23)43-32(42-26)47-14-33-8-3-9-44(33)12-15(35)10-33/h6-7,15-16,20,29H,1-5,8-10,12-14,41H2/t15-,16?,20?,33?/m1/s1. The van der Waals surface area contributed by atoms with Crippen LogP contribution in [0.2, 0.25) is 5.02 Å². The lowest BCUT2D eigenvalue weighted by molar-refractivity contribution is 0.102. The first-order valence-electron chi connectivity index (χ1n) is 16.0. The molecule has 48 heavy (non-hydrogen) atoms. The number of benzene rings is 2. The molecule has 4 aliphatic heterocycles. The molecule has 0 bridgehead atoms. The smallest absolute Gasteiger partial charge is 0.319 e. The average Bonchev–Trinajstić information content (AvgIpc) is 3.59. The number of hydrogen-bond acceptors (Lipinski definition) is 9. The van der Waals surface area contributed by atoms with Gasteiger partial charge in [-0.25, -0.2) is 22.0 Å². The van der Waals surface area contributed by atoms with E-state index < -0.39 is 41.9 Å². The maximum atomic E-state index is 17.2. The molecule has 4 atom stereocenters. The largest absolute Gasteiger partial charge is 0.489 e. The second kappa shape index (κ2) is 11.7. The van der Waals surface area contributed by atoms with Crippen LogP contribution in [0.1, 0.15) is 50.5 Å². The van der Waals surface area contributed by atoms with Crippen LogP contribution in [0.15, 0.2) is 12.1 Å². The minimum absolute atomic E-state index is 0.0117. The lowest BCUT2D eigenvalue weighted by Gasteiger charge is -2.36. The van der Waals surface area contributed by atoms with Crippen LogP contribution in [0, 0.1) is 23.0 Å². The third-order valence-corrected chi connectivity index (χ3v) is 11.8. The molecule has 3 saturated heterocycles. The van der Waals surface area contributed by atoms with Gasteiger partial charge in [0.05, 0.1) is 38.3 Å². The van der Waals surface area contributed by atoms with Gasteiger partial charge in [0.25, 0.3) is 6.43 Å². The number of nitrogen functional groups attached to an aromatic ring is 1. The molecule has 2 N–H and O–H groups in total. The number of hydrogen-bond donors (Lipinski definition) is 1. The molecule has 15 heteroatoms. The Hall–Kier alpha value is -3.67. The number of nitriles is 1. The van der Waals surface area contributed by atoms with E-state index in [0.29, 0.717) is 32.2 Å². The summed E-state index contributed by atoms with van der Waals surface area (Å²) in [6.07, 6.45) is 0.00978. The maximum absolute atomic E-state index is 17.2. The van der Waals surface area contributed by atoms with Gasteiger partial charge in [0, 0.05) is 23.9 Å². The van der Waals surface area contributed by atoms with Crippen molar-refractivity contribution in [3.8, 4) is 29.0 Å². The first-order chi connectivity index (χ1) is 23.1. The summed E-state index contributed by atoms with van der Waals surface area (Å²) in [6, 6.07) is 2.40. The number of anilines is 2. The van der Waals surface area contributed by atoms with Crippen LogP contribution in [0.5, 0.6) is 11.8 Å². The van der Waals surface area contributed by atoms with E-state index in [0.717, 1.165) is 30.4 Å². The highest BCUT2D eigenvalue weighted by Crippen LogP contribution is 2.52. The predicted octanol–water partition coefficient (Wildman–Crippen LogP) is 7.63. The molecule has 3 fully saturated rings. The second-order valence-electron chi connectivity index (χ2n) is 13.1. The number of aromatic nitrogens is 2. The van der Waals surface area contributed by atoms with Crippen LogP contribution in [-0.4, -0.2) is 71.4 Å². The molecular formula is C33H30ClF5N6O2S. The Morgan fingerprint density at radius 2 is 2.00 bits per heavy atom. The minimum Gasteiger partial charge on any atom is -0.489 e. The molecule has 252 valence electrons. The number of halogens is 6. The van der Waals surface area contributed by atoms with Crippen LogP contribution in [0.3, 0.4) is 0 Å². The summed E-state index contributed by atoms with van der Waals surface area (Å²) in [5.41, 5.74) is 5.04. The highest BCUT2D eigenvalue weighted by atomic mass is 35.5. The first kappa shape index (κ1) is 31.6. The van der Waals surface area contributed by atoms with Crippen molar-refractivity contribution in [2.45, 2.75) is 75.2 Å². The highest BCUT2D eigenvalue weighted by Gasteiger charge is 2.49. The van der Waals surface area contributed by atoms with E-state index in [1.165, 1.54) is 11.0 Å². The third-order valence-electron chi connectivity index (χ3n) is 10.4. The van der Waals surface area contributed by atoms with Gasteiger partial charge in [-0.15, -0.1) is 11.3 Å². The van der Waals surface area contributed by atoms with E-state index in [9.17, 15) is 22.8 Å². The van der Waals surface area contributed by atoms with Crippen molar-refractivity contribution < 1.29 is 31.4 Å². The number of nitrogens with zero attached hydrogens (tertiary/aromatic N) is 5. The van der Waals surface area contributed by atoms with E-state index in [2.05, 4.69) is 14.9 Å². The van der Waals surface area contributed by atoms with Gasteiger partial charge in [-0.2, -0.15) is 15.2 Å². The Kier molecular flexibility index (Phi) is 7.72. The Morgan fingerprint density at radius 3 is 2.79 bits per heavy atom. The van der Waals surface area contributed by atoms with Crippen molar-refractivity contribution >= 4 is 54.7 Å². The summed E-state index contributed by atoms with van der Waals surface area (Å²) in [7, 11) is 0. The minimum atomic E-state index is -2.74. The van der Waals surface area contributed by atoms with Crippen molar-refractivity contribution in [2.24, 2.45) is 0 Å². The van der Waals surface area contributed by atoms with Gasteiger partial charge in [-0.3, -0.25) is 4.90 Å². The average molecular weight is 705 g/mol. The zero-order valence-electron chi connectivity index (χ0n) is 25.5. The van der Waals surface area contributed by atoms with E-state index in [1.54, 1.807) is 0 Å². The second-order valence-corrected chi connectivity index (χ2v) is 14.5. The van der Waals surface area contributed by atoms with E-state index in [1.807, 2.05) is 6.07 Å². The summed E-state index contributed by atoms with van der Waals surface area (Å²) >= 11 is 7.83. The summed E-state index contributed by atoms with van der Waals surface area (Å²) < 4.78 is 88.6. The maximum Gasteiger partial charge on any atom is 0.319 e. The summed E-state index contributed by atoms with van der Waals surface area (Å²) in [6.45, 7) is 1.00. The van der Waals surface area contributed by atoms with Gasteiger partial charge in [0.15, 0.2) is 11.6 Å². The van der Waals surface area contributed by atoms with Crippen molar-refractivity contribution in [2.75, 3.05) is 36.9 Å². The van der Waals surface area contributed by atoms with Gasteiger partial charge in [0.2, 0.25) is 0 Å². The molecule has 8 rings (SSSR count). The summed E-state index contributed by atoms with van der Waals surface area (Å²) in [5, 5.41) is 9.86. The summed E-state index contributed by atoms with van der Waals surface area (Å²) in [5.74, 6) is -1.59. The molecule has 0 saturated carbocycles. The monoisotopic (exact) mass is 704 g/mol. The van der Waals surface area contributed by atoms with Gasteiger partial charge < -0.3 is 20.1 Å². The van der Waals surface area contributed by atoms with Crippen LogP contribution in [0.25, 0.3) is 32.1 Å². The molecule has 0 radical (unpaired) electrons. The van der Waals surface area contributed by atoms with Gasteiger partial charge in [-0.1, -0.05) is 30.5 Å². The molecule has 6 heterocycles. The number of alkyl halides is 3. The van der Waals surface area contributed by atoms with Crippen LogP contribution in [0.4, 0.5) is 32.8 Å². The third kappa shape index (κ3) is 4.75. The number of thiophene rings is 1. The lowest BCUT2D eigenvalue weighted by atomic mass is 9.95. The van der Waals surface area contributed by atoms with Gasteiger partial charge in [0.1, 0.15) is 47.6 Å². The van der Waals surface area contributed by atoms with E-state index >= 15 is 4.39 Å². The SMILES string of the molecule is N#Cc1c(N)sc2c(F)ccc(-c3c(Cl)c4c5c(nc(OCC67CCCN6C[C@H](F)C7)nc5c3F)N3C(CCCCC3C(F)F)CO4)c12. The molecule has 3 unspecified atom stereocenters. The fraction of sp³-hybridized carbons (Fsp3) is 0.485. The van der Waals surface area contributed by atoms with Crippen LogP contribution >= 0.6 is 22.9 Å². The highest BCUT2D eigenvalue weighted by molar-refractivity contribution is 7.23. The number of nitrogens with two attached hydrogens (primary N) is 1. The van der Waals surface area contributed by atoms with Crippen molar-refractivity contribution in [3.05, 3.63) is 34.4 Å². The molecule has 2 aromatic carbocycles. The Bertz CT molecular complexity index is 2010. The zero-order valence-corrected chi connectivity index (χ0v) is 27.1. The number of ether oxygens (including phenoxy) is 2. The Balaban J connectivity index is 1.37. The van der Waals surface area contributed by atoms with E-state index in [4.69, 9.17) is 26.8 Å². The van der Waals surface area contributed by atoms with Gasteiger partial charge in [-0.05, 0) is 43.9 Å². The topological polar surface area (TPSA) is 101 Å². The van der Waals surface area contributed by atoms with Gasteiger partial charge >= 0.3 is 6.01 Å². The summed E-state index contributed by atoms with van der Waals surface area (Å²) in [4.78, 5) is 12.7. The Morgan fingerprint density at radius 1 is 1.19 bits per heavy atom. The van der Waals surface area contributed by atoms with Crippen molar-refractivity contribution in [3.63, 3.8) is 0 Å². The molecule has 4 aliphatic rings. The van der Waals surface area contributed by atoms with Crippen molar-refractivity contribution in [1.29, 1.82) is 5.26 Å². The zero-order chi connectivity index (χ0) is 33.5. The molecule has 8 nitrogen and oxygen atoms in total. The molecule has 0 amide bonds. The fourth-order valence-electron chi connectivity index (χ4n) is 8.22. The molecule has 0 aliphatic carbocycles. The normalized spacial score (nSPS) is 25.5. The fourth-order valence-corrected chi connectivity index (χ4v) is 9.50. The lowest BCUT2D eigenvalue weighted by Crippen LogP contribution is -2.48. The predicted molar refractivity (Wildman–Crippen MR) is 173 cm³/mol.